The molecule has 1 fully saturated rings. The molecule has 1 aliphatic heterocycles. The van der Waals surface area contributed by atoms with Gasteiger partial charge in [0.15, 0.2) is 0 Å². The minimum atomic E-state index is -4.87. The van der Waals surface area contributed by atoms with E-state index in [0.717, 1.165) is 23.5 Å². The van der Waals surface area contributed by atoms with Crippen molar-refractivity contribution in [1.29, 1.82) is 0 Å². The van der Waals surface area contributed by atoms with Gasteiger partial charge in [-0.1, -0.05) is 56.3 Å². The van der Waals surface area contributed by atoms with Gasteiger partial charge in [0.1, 0.15) is 23.2 Å². The van der Waals surface area contributed by atoms with Gasteiger partial charge >= 0.3 is 12.5 Å². The van der Waals surface area contributed by atoms with E-state index in [1.807, 2.05) is 44.2 Å². The number of benzene rings is 2. The average Bonchev–Trinajstić information content (AvgIpc) is 3.61. The molecule has 14 heteroatoms. The van der Waals surface area contributed by atoms with Gasteiger partial charge in [-0.2, -0.15) is 0 Å². The van der Waals surface area contributed by atoms with Crippen LogP contribution in [0.2, 0.25) is 0 Å². The minimum Gasteiger partial charge on any atom is -0.444 e. The van der Waals surface area contributed by atoms with Crippen LogP contribution < -0.4 is 15.4 Å². The second-order valence-electron chi connectivity index (χ2n) is 14.6. The molecule has 1 aromatic heterocycles. The maximum Gasteiger partial charge on any atom is 0.573 e. The summed E-state index contributed by atoms with van der Waals surface area (Å²) in [6.07, 6.45) is -1.86. The van der Waals surface area contributed by atoms with E-state index in [4.69, 9.17) is 4.74 Å². The van der Waals surface area contributed by atoms with E-state index < -0.39 is 53.8 Å². The Labute approximate surface area is 302 Å². The lowest BCUT2D eigenvalue weighted by Gasteiger charge is -2.35. The number of hydrogen-bond donors (Lipinski definition) is 4. The van der Waals surface area contributed by atoms with Gasteiger partial charge < -0.3 is 35.1 Å². The van der Waals surface area contributed by atoms with Gasteiger partial charge in [0.25, 0.3) is 0 Å². The molecule has 4 N–H and O–H groups in total. The fourth-order valence-corrected chi connectivity index (χ4v) is 6.32. The van der Waals surface area contributed by atoms with Crippen molar-refractivity contribution in [2.75, 3.05) is 13.1 Å². The zero-order chi connectivity index (χ0) is 38.1. The van der Waals surface area contributed by atoms with Gasteiger partial charge in [0.05, 0.1) is 12.1 Å². The lowest BCUT2D eigenvalue weighted by atomic mass is 9.88. The molecule has 4 atom stereocenters. The number of ether oxygens (including phenoxy) is 2. The third-order valence-electron chi connectivity index (χ3n) is 8.94. The van der Waals surface area contributed by atoms with Crippen LogP contribution >= 0.6 is 0 Å². The van der Waals surface area contributed by atoms with Crippen molar-refractivity contribution in [2.24, 2.45) is 11.8 Å². The lowest BCUT2D eigenvalue weighted by Crippen LogP contribution is -2.54. The number of amides is 3. The van der Waals surface area contributed by atoms with Gasteiger partial charge in [-0.15, -0.1) is 13.2 Å². The van der Waals surface area contributed by atoms with Crippen LogP contribution in [0.5, 0.6) is 5.75 Å². The first-order valence-electron chi connectivity index (χ1n) is 17.6. The quantitative estimate of drug-likeness (QED) is 0.162. The van der Waals surface area contributed by atoms with Crippen LogP contribution in [0.25, 0.3) is 0 Å². The van der Waals surface area contributed by atoms with Gasteiger partial charge in [0, 0.05) is 37.3 Å². The number of piperidine rings is 1. The summed E-state index contributed by atoms with van der Waals surface area (Å²) < 4.78 is 47.9. The first-order chi connectivity index (χ1) is 24.5. The number of likely N-dealkylation sites (tertiary alicyclic amines) is 1. The van der Waals surface area contributed by atoms with Gasteiger partial charge in [-0.05, 0) is 82.1 Å². The Morgan fingerprint density at radius 1 is 0.962 bits per heavy atom. The molecular weight excluding hydrogens is 679 g/mol. The lowest BCUT2D eigenvalue weighted by molar-refractivity contribution is -0.274. The molecule has 3 amide bonds. The minimum absolute atomic E-state index is 0.0211. The highest BCUT2D eigenvalue weighted by Gasteiger charge is 2.36. The number of nitrogens with one attached hydrogen (secondary N) is 3. The Balaban J connectivity index is 1.55. The predicted octanol–water partition coefficient (Wildman–Crippen LogP) is 5.90. The van der Waals surface area contributed by atoms with Crippen molar-refractivity contribution < 1.29 is 42.1 Å². The molecule has 3 unspecified atom stereocenters. The molecule has 3 aromatic rings. The van der Waals surface area contributed by atoms with E-state index in [0.29, 0.717) is 31.5 Å². The number of aromatic amines is 1. The summed E-state index contributed by atoms with van der Waals surface area (Å²) in [5.74, 6) is -1.28. The first kappa shape index (κ1) is 40.2. The van der Waals surface area contributed by atoms with E-state index >= 15 is 0 Å². The predicted molar refractivity (Wildman–Crippen MR) is 188 cm³/mol. The summed E-state index contributed by atoms with van der Waals surface area (Å²) in [4.78, 5) is 50.1. The normalized spacial score (nSPS) is 16.5. The largest absolute Gasteiger partial charge is 0.573 e. The van der Waals surface area contributed by atoms with Crippen LogP contribution in [0.4, 0.5) is 18.0 Å². The number of alkyl halides is 3. The smallest absolute Gasteiger partial charge is 0.444 e. The molecular formula is C38H50F3N5O6. The third kappa shape index (κ3) is 12.6. The Morgan fingerprint density at radius 3 is 2.15 bits per heavy atom. The Kier molecular flexibility index (Phi) is 13.7. The molecule has 0 spiro atoms. The van der Waals surface area contributed by atoms with Crippen LogP contribution in [0.1, 0.15) is 76.8 Å². The highest BCUT2D eigenvalue weighted by Crippen LogP contribution is 2.28. The maximum atomic E-state index is 14.1. The van der Waals surface area contributed by atoms with Crippen molar-refractivity contribution >= 4 is 17.9 Å². The Bertz CT molecular complexity index is 1570. The molecule has 4 rings (SSSR count). The fourth-order valence-electron chi connectivity index (χ4n) is 6.32. The van der Waals surface area contributed by atoms with Crippen molar-refractivity contribution in [1.82, 2.24) is 25.5 Å². The number of H-pyrrole nitrogens is 1. The highest BCUT2D eigenvalue weighted by molar-refractivity contribution is 5.89. The number of rotatable bonds is 14. The molecule has 1 saturated heterocycles. The molecule has 2 aromatic carbocycles. The number of alkyl carbamates (subject to hydrolysis) is 1. The summed E-state index contributed by atoms with van der Waals surface area (Å²) >= 11 is 0. The monoisotopic (exact) mass is 729 g/mol. The Morgan fingerprint density at radius 2 is 1.60 bits per heavy atom. The molecule has 0 bridgehead atoms. The molecule has 11 nitrogen and oxygen atoms in total. The SMILES string of the molecule is CC(C)[C@H](NC(=O)C(Cc1ccc(OC(F)(F)F)cc1)CC(O)C(Cc1ccccc1)NC(=O)OC(C)(C)C)C(=O)N1CCC(c2ncc[nH]2)CC1. The number of hydrogen-bond acceptors (Lipinski definition) is 7. The highest BCUT2D eigenvalue weighted by atomic mass is 19.4. The summed E-state index contributed by atoms with van der Waals surface area (Å²) in [5.41, 5.74) is 0.530. The second kappa shape index (κ2) is 17.8. The summed E-state index contributed by atoms with van der Waals surface area (Å²) in [7, 11) is 0. The molecule has 1 aliphatic rings. The van der Waals surface area contributed by atoms with Gasteiger partial charge in [-0.25, -0.2) is 9.78 Å². The van der Waals surface area contributed by atoms with Crippen LogP contribution in [0.15, 0.2) is 67.0 Å². The van der Waals surface area contributed by atoms with E-state index in [-0.39, 0.29) is 37.0 Å². The van der Waals surface area contributed by atoms with E-state index in [1.165, 1.54) is 12.1 Å². The van der Waals surface area contributed by atoms with Gasteiger partial charge in [-0.3, -0.25) is 9.59 Å². The number of aromatic nitrogens is 2. The molecule has 2 heterocycles. The van der Waals surface area contributed by atoms with Crippen molar-refractivity contribution in [2.45, 2.75) is 103 Å². The molecule has 0 radical (unpaired) electrons. The van der Waals surface area contributed by atoms with E-state index in [2.05, 4.69) is 25.3 Å². The topological polar surface area (TPSA) is 146 Å². The molecule has 52 heavy (non-hydrogen) atoms. The van der Waals surface area contributed by atoms with Gasteiger partial charge in [0.2, 0.25) is 11.8 Å². The summed E-state index contributed by atoms with van der Waals surface area (Å²) in [6, 6.07) is 12.6. The van der Waals surface area contributed by atoms with Crippen molar-refractivity contribution in [3.63, 3.8) is 0 Å². The Hall–Kier alpha value is -4.59. The number of imidazole rings is 1. The molecule has 0 saturated carbocycles. The average molecular weight is 730 g/mol. The fraction of sp³-hybridized carbons (Fsp3) is 0.526. The third-order valence-corrected chi connectivity index (χ3v) is 8.94. The number of carbonyl (C=O) groups excluding carboxylic acids is 3. The van der Waals surface area contributed by atoms with Crippen LogP contribution in [0.3, 0.4) is 0 Å². The van der Waals surface area contributed by atoms with Crippen LogP contribution in [-0.4, -0.2) is 81.1 Å². The number of aliphatic hydroxyl groups is 1. The number of nitrogens with zero attached hydrogens (tertiary/aromatic N) is 2. The van der Waals surface area contributed by atoms with Crippen molar-refractivity contribution in [3.8, 4) is 5.75 Å². The standard InChI is InChI=1S/C38H50F3N5O6/c1-24(2)32(35(49)46-19-15-27(16-20-46)33-42-17-18-43-33)45-34(48)28(21-26-11-13-29(14-12-26)51-38(39,40)41)23-31(47)30(22-25-9-7-6-8-10-25)44-36(50)52-37(3,4)5/h6-14,17-18,24,27-28,30-32,47H,15-16,19-23H2,1-5H3,(H,42,43)(H,44,50)(H,45,48)/t28?,30?,31?,32-/m0/s1. The zero-order valence-electron chi connectivity index (χ0n) is 30.3. The molecule has 0 aliphatic carbocycles. The maximum absolute atomic E-state index is 14.1. The summed E-state index contributed by atoms with van der Waals surface area (Å²) in [6.45, 7) is 9.81. The zero-order valence-corrected chi connectivity index (χ0v) is 30.3. The van der Waals surface area contributed by atoms with E-state index in [9.17, 15) is 32.7 Å². The number of carbonyl (C=O) groups is 3. The number of aliphatic hydroxyl groups excluding tert-OH is 1. The van der Waals surface area contributed by atoms with Crippen LogP contribution in [-0.2, 0) is 27.2 Å². The van der Waals surface area contributed by atoms with Crippen LogP contribution in [0, 0.1) is 11.8 Å². The first-order valence-corrected chi connectivity index (χ1v) is 17.6. The summed E-state index contributed by atoms with van der Waals surface area (Å²) in [5, 5.41) is 17.4. The second-order valence-corrected chi connectivity index (χ2v) is 14.6. The van der Waals surface area contributed by atoms with Crippen molar-refractivity contribution in [3.05, 3.63) is 83.9 Å². The molecule has 284 valence electrons. The van der Waals surface area contributed by atoms with E-state index in [1.54, 1.807) is 38.1 Å². The number of halogens is 3.